The van der Waals surface area contributed by atoms with Crippen LogP contribution in [-0.4, -0.2) is 19.8 Å². The molecular weight excluding hydrogens is 372 g/mol. The van der Waals surface area contributed by atoms with Crippen LogP contribution in [0.5, 0.6) is 11.5 Å². The predicted molar refractivity (Wildman–Crippen MR) is 93.6 cm³/mol. The summed E-state index contributed by atoms with van der Waals surface area (Å²) in [6.45, 7) is 3.24. The van der Waals surface area contributed by atoms with Crippen molar-refractivity contribution >= 4 is 47.2 Å². The van der Waals surface area contributed by atoms with Crippen LogP contribution in [0.4, 0.5) is 0 Å². The first-order valence-electron chi connectivity index (χ1n) is 6.43. The Balaban J connectivity index is 0.00000441. The Hall–Kier alpha value is -0.360. The minimum absolute atomic E-state index is 0. The number of nitrogens with two attached hydrogens (primary N) is 1. The van der Waals surface area contributed by atoms with Crippen LogP contribution in [0.15, 0.2) is 22.7 Å². The summed E-state index contributed by atoms with van der Waals surface area (Å²) in [6, 6.07) is 3.54. The Morgan fingerprint density at radius 2 is 1.86 bits per heavy atom. The van der Waals surface area contributed by atoms with Gasteiger partial charge in [0, 0.05) is 6.07 Å². The second-order valence-corrected chi connectivity index (χ2v) is 5.70. The van der Waals surface area contributed by atoms with Gasteiger partial charge in [-0.05, 0) is 37.5 Å². The summed E-state index contributed by atoms with van der Waals surface area (Å²) in [6.07, 6.45) is 3.22. The summed E-state index contributed by atoms with van der Waals surface area (Å²) in [5.74, 6) is 6.24. The number of unbranched alkanes of at least 4 members (excludes halogenated alkanes) is 1. The lowest BCUT2D eigenvalue weighted by molar-refractivity contribution is 0.129. The fraction of sp³-hybridized carbons (Fsp3) is 0.429. The zero-order chi connectivity index (χ0) is 15.7. The molecule has 126 valence electrons. The lowest BCUT2D eigenvalue weighted by atomic mass is 10.2. The van der Waals surface area contributed by atoms with Gasteiger partial charge in [0.25, 0.3) is 0 Å². The second kappa shape index (κ2) is 12.1. The Morgan fingerprint density at radius 1 is 1.18 bits per heavy atom. The quantitative estimate of drug-likeness (QED) is 0.485. The van der Waals surface area contributed by atoms with Crippen molar-refractivity contribution in [2.24, 2.45) is 5.90 Å². The topological polar surface area (TPSA) is 53.7 Å². The summed E-state index contributed by atoms with van der Waals surface area (Å²) < 4.78 is 11.3. The molecule has 1 aromatic rings. The average Bonchev–Trinajstić information content (AvgIpc) is 2.40. The highest BCUT2D eigenvalue weighted by Crippen LogP contribution is 2.33. The van der Waals surface area contributed by atoms with Crippen molar-refractivity contribution in [3.63, 3.8) is 0 Å². The van der Waals surface area contributed by atoms with Crippen molar-refractivity contribution in [1.82, 2.24) is 0 Å². The molecule has 8 heteroatoms. The van der Waals surface area contributed by atoms with E-state index in [0.717, 1.165) is 18.4 Å². The second-order valence-electron chi connectivity index (χ2n) is 4.28. The van der Waals surface area contributed by atoms with E-state index in [0.29, 0.717) is 29.7 Å². The Bertz CT molecular complexity index is 456. The van der Waals surface area contributed by atoms with Crippen LogP contribution in [0.25, 0.3) is 0 Å². The zero-order valence-electron chi connectivity index (χ0n) is 12.1. The number of hydrogen-bond acceptors (Lipinski definition) is 4. The maximum absolute atomic E-state index is 6.20. The van der Waals surface area contributed by atoms with Crippen molar-refractivity contribution in [3.05, 3.63) is 33.3 Å². The molecule has 0 unspecified atom stereocenters. The van der Waals surface area contributed by atoms with E-state index >= 15 is 0 Å². The zero-order valence-corrected chi connectivity index (χ0v) is 15.2. The van der Waals surface area contributed by atoms with Gasteiger partial charge in [0.05, 0.1) is 18.2 Å². The molecule has 0 amide bonds. The van der Waals surface area contributed by atoms with Gasteiger partial charge in [-0.1, -0.05) is 34.8 Å². The van der Waals surface area contributed by atoms with Gasteiger partial charge in [0.2, 0.25) is 0 Å². The number of rotatable bonds is 9. The van der Waals surface area contributed by atoms with Crippen molar-refractivity contribution in [1.29, 1.82) is 0 Å². The molecule has 0 atom stereocenters. The summed E-state index contributed by atoms with van der Waals surface area (Å²) in [5.41, 5.74) is 0.897. The van der Waals surface area contributed by atoms with Crippen molar-refractivity contribution in [2.45, 2.75) is 19.8 Å². The molecular formula is C14H19Cl4NO3. The highest BCUT2D eigenvalue weighted by molar-refractivity contribution is 6.55. The van der Waals surface area contributed by atoms with Gasteiger partial charge in [-0.15, -0.1) is 12.4 Å². The first kappa shape index (κ1) is 21.6. The number of hydrogen-bond donors (Lipinski definition) is 1. The summed E-state index contributed by atoms with van der Waals surface area (Å²) in [7, 11) is 0. The average molecular weight is 391 g/mol. The standard InChI is InChI=1S/C14H18Cl3NO3.ClH/c1-10-8-11(19-7-4-13(16)17)9-12(15)14(10)20-5-2-3-6-21-18;/h4,8-9H,2-3,5-7,18H2,1H3;1H. The molecule has 0 spiro atoms. The van der Waals surface area contributed by atoms with Crippen LogP contribution in [-0.2, 0) is 4.84 Å². The highest BCUT2D eigenvalue weighted by Gasteiger charge is 2.09. The molecule has 22 heavy (non-hydrogen) atoms. The van der Waals surface area contributed by atoms with Gasteiger partial charge in [-0.2, -0.15) is 0 Å². The molecule has 0 aliphatic carbocycles. The Morgan fingerprint density at radius 3 is 2.45 bits per heavy atom. The lowest BCUT2D eigenvalue weighted by Crippen LogP contribution is -2.05. The fourth-order valence-corrected chi connectivity index (χ4v) is 2.07. The maximum Gasteiger partial charge on any atom is 0.141 e. The van der Waals surface area contributed by atoms with Crippen molar-refractivity contribution in [3.8, 4) is 11.5 Å². The van der Waals surface area contributed by atoms with Crippen LogP contribution in [0.3, 0.4) is 0 Å². The lowest BCUT2D eigenvalue weighted by Gasteiger charge is -2.13. The van der Waals surface area contributed by atoms with Gasteiger partial charge < -0.3 is 14.3 Å². The van der Waals surface area contributed by atoms with Gasteiger partial charge in [0.1, 0.15) is 22.6 Å². The predicted octanol–water partition coefficient (Wildman–Crippen LogP) is 4.82. The Labute approximate surface area is 151 Å². The van der Waals surface area contributed by atoms with Gasteiger partial charge in [0.15, 0.2) is 0 Å². The molecule has 0 bridgehead atoms. The van der Waals surface area contributed by atoms with Crippen molar-refractivity contribution in [2.75, 3.05) is 19.8 Å². The third-order valence-corrected chi connectivity index (χ3v) is 3.18. The molecule has 0 fully saturated rings. The van der Waals surface area contributed by atoms with E-state index < -0.39 is 0 Å². The minimum Gasteiger partial charge on any atom is -0.492 e. The van der Waals surface area contributed by atoms with E-state index in [2.05, 4.69) is 4.84 Å². The van der Waals surface area contributed by atoms with Crippen LogP contribution in [0.2, 0.25) is 5.02 Å². The first-order valence-corrected chi connectivity index (χ1v) is 7.56. The summed E-state index contributed by atoms with van der Waals surface area (Å²) >= 11 is 17.2. The van der Waals surface area contributed by atoms with Crippen LogP contribution in [0.1, 0.15) is 18.4 Å². The molecule has 1 rings (SSSR count). The van der Waals surface area contributed by atoms with Gasteiger partial charge in [-0.25, -0.2) is 5.90 Å². The third kappa shape index (κ3) is 8.32. The molecule has 0 heterocycles. The molecule has 0 saturated carbocycles. The molecule has 0 saturated heterocycles. The van der Waals surface area contributed by atoms with E-state index in [1.165, 1.54) is 0 Å². The van der Waals surface area contributed by atoms with E-state index in [4.69, 9.17) is 50.2 Å². The first-order chi connectivity index (χ1) is 10.0. The fourth-order valence-electron chi connectivity index (χ4n) is 1.63. The normalized spacial score (nSPS) is 9.86. The third-order valence-electron chi connectivity index (χ3n) is 2.59. The van der Waals surface area contributed by atoms with E-state index in [-0.39, 0.29) is 23.5 Å². The summed E-state index contributed by atoms with van der Waals surface area (Å²) in [4.78, 5) is 4.49. The van der Waals surface area contributed by atoms with Crippen LogP contribution >= 0.6 is 47.2 Å². The minimum atomic E-state index is 0. The Kier molecular flexibility index (Phi) is 11.9. The molecule has 0 aliphatic rings. The van der Waals surface area contributed by atoms with E-state index in [1.807, 2.05) is 13.0 Å². The number of halogens is 4. The maximum atomic E-state index is 6.20. The monoisotopic (exact) mass is 389 g/mol. The molecule has 4 nitrogen and oxygen atoms in total. The summed E-state index contributed by atoms with van der Waals surface area (Å²) in [5, 5.41) is 0.501. The molecule has 0 aromatic heterocycles. The number of ether oxygens (including phenoxy) is 2. The number of benzene rings is 1. The van der Waals surface area contributed by atoms with E-state index in [1.54, 1.807) is 12.1 Å². The molecule has 0 aliphatic heterocycles. The van der Waals surface area contributed by atoms with Crippen LogP contribution < -0.4 is 15.4 Å². The van der Waals surface area contributed by atoms with Gasteiger partial charge in [-0.3, -0.25) is 0 Å². The van der Waals surface area contributed by atoms with E-state index in [9.17, 15) is 0 Å². The van der Waals surface area contributed by atoms with Crippen molar-refractivity contribution < 1.29 is 14.3 Å². The van der Waals surface area contributed by atoms with Crippen LogP contribution in [0, 0.1) is 6.92 Å². The molecule has 1 aromatic carbocycles. The smallest absolute Gasteiger partial charge is 0.141 e. The highest BCUT2D eigenvalue weighted by atomic mass is 35.5. The molecule has 2 N–H and O–H groups in total. The SMILES string of the molecule is Cc1cc(OCC=C(Cl)Cl)cc(Cl)c1OCCCCON.Cl. The largest absolute Gasteiger partial charge is 0.492 e. The molecule has 0 radical (unpaired) electrons. The number of aryl methyl sites for hydroxylation is 1. The van der Waals surface area contributed by atoms with Gasteiger partial charge >= 0.3 is 0 Å².